The van der Waals surface area contributed by atoms with Crippen molar-refractivity contribution < 1.29 is 118 Å². The van der Waals surface area contributed by atoms with Crippen LogP contribution in [0.1, 0.15) is 105 Å². The van der Waals surface area contributed by atoms with Crippen LogP contribution in [0, 0.1) is 5.92 Å². The van der Waals surface area contributed by atoms with E-state index in [2.05, 4.69) is 37.2 Å². The van der Waals surface area contributed by atoms with Gasteiger partial charge in [0.15, 0.2) is 29.9 Å². The Hall–Kier alpha value is -9.20. The molecule has 0 radical (unpaired) electrons. The molecule has 18 atom stereocenters. The van der Waals surface area contributed by atoms with E-state index >= 15 is 14.4 Å². The maximum atomic E-state index is 16.0. The van der Waals surface area contributed by atoms with Gasteiger partial charge in [0.2, 0.25) is 53.4 Å². The van der Waals surface area contributed by atoms with Gasteiger partial charge in [0.25, 0.3) is 0 Å². The van der Waals surface area contributed by atoms with E-state index in [1.807, 2.05) is 13.8 Å². The number of likely N-dealkylation sites (N-methyl/N-ethyl adjacent to an activating group) is 1. The predicted molar refractivity (Wildman–Crippen MR) is 349 cm³/mol. The molecule has 2 fully saturated rings. The number of rotatable bonds is 13. The van der Waals surface area contributed by atoms with Crippen molar-refractivity contribution in [3.63, 3.8) is 0 Å². The van der Waals surface area contributed by atoms with Crippen LogP contribution in [0.5, 0.6) is 46.0 Å². The Morgan fingerprint density at radius 2 is 1.32 bits per heavy atom. The Bertz CT molecular complexity index is 4070. The molecule has 7 aliphatic rings. The lowest BCUT2D eigenvalue weighted by Crippen LogP contribution is -2.64. The molecule has 35 heteroatoms. The smallest absolute Gasteiger partial charge is 0.330 e. The van der Waals surface area contributed by atoms with Crippen LogP contribution < -0.4 is 62.9 Å². The number of primary amides is 1. The van der Waals surface area contributed by atoms with Crippen molar-refractivity contribution in [1.29, 1.82) is 0 Å². The summed E-state index contributed by atoms with van der Waals surface area (Å²) < 4.78 is 38.3. The zero-order chi connectivity index (χ0) is 73.5. The van der Waals surface area contributed by atoms with E-state index in [4.69, 9.17) is 63.1 Å². The molecule has 7 aliphatic heterocycles. The summed E-state index contributed by atoms with van der Waals surface area (Å²) in [5.74, 6) is -16.0. The standard InChI is InChI=1S/C66H75Cl2N9O24/c1-23(2)12-34(71-5)58(88)76-49-51(83)26-7-10-38(32(67)14-26)97-40-16-28-17-41(55(40)101-65-56(54(86)53(85)42(22-78)99-65)100-44-21-66(4,70)57(87)24(3)96-44)98-39-11-8-27(15-33(39)68)52(84)50-63(93)75-48(64(94)95)31-18-29(79)19-37(81)45(31)30-13-25(6-9-36(30)80)46(60(90)77-50)74-61(91)47(28)73-59(89)35(20-43(69)82)72-62(49)92/h6-11,13-19,23-24,34-35,42,44,46-54,56-57,65,71,78-81,83-87H,12,20-22,70H2,1-5H3,(H2,69,82)(H,72,92)(H,73,89)(H,74,91)(H,75,93)(H,76,88)(H,77,90)(H,94,95)/t24?,34-,35+,42?,44+,46-,47-,48+,49-,50+,51-,52-,53-,54?,56+,57+,65+,66-/m1/s1. The van der Waals surface area contributed by atoms with Crippen LogP contribution in [-0.4, -0.2) is 191 Å². The SMILES string of the molecule is CN[C@H](CC(C)C)C(=O)N[C@H]1C(=O)N[C@@H](CC(N)=O)C(=O)N[C@H]2C(=O)N[C@H]3C(=O)N[C@H](C(=O)N[C@H](C(=O)O)c4cc(O)cc(O)c4-c4cc3ccc4O)[C@H](O)c3ccc(c(Cl)c3)Oc3cc2cc(c3O[C@@H]2OC(CO)[C@@H](O)C(O)[C@@H]2O[C@H]2C[C@@](C)(N)[C@@H](O)C(C)O2)Oc2ccc(cc2Cl)[C@H]1O. The first kappa shape index (κ1) is 74.5. The number of aliphatic hydroxyl groups is 6. The fraction of sp³-hybridized carbons (Fsp3) is 0.424. The van der Waals surface area contributed by atoms with Crippen molar-refractivity contribution in [2.24, 2.45) is 17.4 Å². The Labute approximate surface area is 584 Å². The summed E-state index contributed by atoms with van der Waals surface area (Å²) in [6, 6.07) is -0.679. The highest BCUT2D eigenvalue weighted by atomic mass is 35.5. The van der Waals surface area contributed by atoms with E-state index < -0.39 is 237 Å². The van der Waals surface area contributed by atoms with E-state index in [-0.39, 0.29) is 46.2 Å². The number of hydrogen-bond acceptors (Lipinski definition) is 25. The molecule has 12 rings (SSSR count). The summed E-state index contributed by atoms with van der Waals surface area (Å²) in [5.41, 5.74) is 8.00. The average molecular weight is 1450 g/mol. The molecule has 0 spiro atoms. The lowest BCUT2D eigenvalue weighted by atomic mass is 9.86. The third kappa shape index (κ3) is 15.8. The second-order valence-electron chi connectivity index (χ2n) is 25.7. The molecular formula is C66H75Cl2N9O24. The van der Waals surface area contributed by atoms with Gasteiger partial charge in [0, 0.05) is 34.7 Å². The number of fused-ring (bicyclic) bond motifs is 15. The molecule has 5 aromatic carbocycles. The quantitative estimate of drug-likeness (QED) is 0.0743. The molecule has 542 valence electrons. The largest absolute Gasteiger partial charge is 0.508 e. The molecule has 0 aromatic heterocycles. The normalized spacial score (nSPS) is 29.4. The van der Waals surface area contributed by atoms with E-state index in [1.165, 1.54) is 33.0 Å². The van der Waals surface area contributed by atoms with Crippen molar-refractivity contribution in [3.05, 3.63) is 117 Å². The van der Waals surface area contributed by atoms with Crippen molar-refractivity contribution in [2.45, 2.75) is 156 Å². The molecular weight excluding hydrogens is 1370 g/mol. The summed E-state index contributed by atoms with van der Waals surface area (Å²) in [5, 5.41) is 131. The number of carbonyl (C=O) groups excluding carboxylic acids is 7. The number of nitrogens with one attached hydrogen (secondary N) is 7. The second kappa shape index (κ2) is 30.2. The van der Waals surface area contributed by atoms with Crippen molar-refractivity contribution in [1.82, 2.24) is 37.2 Å². The zero-order valence-corrected chi connectivity index (χ0v) is 55.8. The lowest BCUT2D eigenvalue weighted by Gasteiger charge is -2.47. The number of carboxylic acids is 1. The first-order chi connectivity index (χ1) is 47.7. The Balaban J connectivity index is 1.24. The minimum absolute atomic E-state index is 0.0975. The molecule has 0 saturated carbocycles. The molecule has 2 saturated heterocycles. The van der Waals surface area contributed by atoms with Gasteiger partial charge in [-0.25, -0.2) is 4.79 Å². The number of carbonyl (C=O) groups is 8. The number of amides is 7. The Morgan fingerprint density at radius 1 is 0.713 bits per heavy atom. The Morgan fingerprint density at radius 3 is 1.90 bits per heavy atom. The summed E-state index contributed by atoms with van der Waals surface area (Å²) in [4.78, 5) is 117. The minimum atomic E-state index is -2.35. The maximum Gasteiger partial charge on any atom is 0.330 e. The molecule has 11 bridgehead atoms. The van der Waals surface area contributed by atoms with Crippen LogP contribution in [0.15, 0.2) is 78.9 Å². The zero-order valence-electron chi connectivity index (χ0n) is 54.3. The number of aliphatic carboxylic acids is 1. The van der Waals surface area contributed by atoms with Crippen molar-refractivity contribution in [3.8, 4) is 57.1 Å². The van der Waals surface area contributed by atoms with Crippen LogP contribution in [0.3, 0.4) is 0 Å². The van der Waals surface area contributed by atoms with Crippen LogP contribution in [0.2, 0.25) is 10.0 Å². The van der Waals surface area contributed by atoms with Gasteiger partial charge in [-0.3, -0.25) is 33.6 Å². The van der Waals surface area contributed by atoms with Crippen LogP contribution in [0.4, 0.5) is 0 Å². The van der Waals surface area contributed by atoms with E-state index in [0.717, 1.165) is 66.7 Å². The van der Waals surface area contributed by atoms with Gasteiger partial charge in [0.1, 0.15) is 89.5 Å². The third-order valence-electron chi connectivity index (χ3n) is 17.8. The molecule has 5 aromatic rings. The lowest BCUT2D eigenvalue weighted by molar-refractivity contribution is -0.333. The number of hydrogen-bond donors (Lipinski definition) is 19. The first-order valence-electron chi connectivity index (χ1n) is 31.6. The monoisotopic (exact) mass is 1450 g/mol. The summed E-state index contributed by atoms with van der Waals surface area (Å²) in [6.07, 6.45) is -18.6. The summed E-state index contributed by atoms with van der Waals surface area (Å²) in [6.45, 7) is 5.66. The number of ether oxygens (including phenoxy) is 6. The first-order valence-corrected chi connectivity index (χ1v) is 32.4. The molecule has 3 unspecified atom stereocenters. The molecule has 7 heterocycles. The van der Waals surface area contributed by atoms with Gasteiger partial charge >= 0.3 is 5.97 Å². The van der Waals surface area contributed by atoms with Crippen molar-refractivity contribution >= 4 is 70.5 Å². The van der Waals surface area contributed by atoms with Crippen LogP contribution in [0.25, 0.3) is 11.1 Å². The van der Waals surface area contributed by atoms with Gasteiger partial charge in [-0.2, -0.15) is 0 Å². The van der Waals surface area contributed by atoms with Gasteiger partial charge < -0.3 is 128 Å². The van der Waals surface area contributed by atoms with Crippen LogP contribution in [-0.2, 0) is 52.6 Å². The predicted octanol–water partition coefficient (Wildman–Crippen LogP) is 0.106. The second-order valence-corrected chi connectivity index (χ2v) is 26.5. The number of aliphatic hydroxyl groups excluding tert-OH is 6. The van der Waals surface area contributed by atoms with Crippen LogP contribution >= 0.6 is 23.2 Å². The minimum Gasteiger partial charge on any atom is -0.508 e. The van der Waals surface area contributed by atoms with Gasteiger partial charge in [-0.15, -0.1) is 0 Å². The number of aromatic hydroxyl groups is 3. The van der Waals surface area contributed by atoms with E-state index in [9.17, 15) is 75.0 Å². The topological polar surface area (TPSA) is 530 Å². The highest BCUT2D eigenvalue weighted by Gasteiger charge is 2.51. The highest BCUT2D eigenvalue weighted by Crippen LogP contribution is 2.50. The fourth-order valence-corrected chi connectivity index (χ4v) is 12.9. The maximum absolute atomic E-state index is 16.0. The van der Waals surface area contributed by atoms with Gasteiger partial charge in [-0.1, -0.05) is 55.2 Å². The number of phenols is 3. The number of halogens is 2. The average Bonchev–Trinajstić information content (AvgIpc) is 0.775. The summed E-state index contributed by atoms with van der Waals surface area (Å²) in [7, 11) is 1.47. The third-order valence-corrected chi connectivity index (χ3v) is 18.4. The molecule has 101 heavy (non-hydrogen) atoms. The molecule has 21 N–H and O–H groups in total. The number of carboxylic acid groups (broad SMARTS) is 1. The number of phenolic OH excluding ortho intramolecular Hbond substituents is 3. The molecule has 7 amide bonds. The highest BCUT2D eigenvalue weighted by molar-refractivity contribution is 6.32. The fourth-order valence-electron chi connectivity index (χ4n) is 12.5. The molecule has 33 nitrogen and oxygen atoms in total. The van der Waals surface area contributed by atoms with E-state index in [1.54, 1.807) is 0 Å². The van der Waals surface area contributed by atoms with Crippen molar-refractivity contribution in [2.75, 3.05) is 13.7 Å². The van der Waals surface area contributed by atoms with E-state index in [0.29, 0.717) is 0 Å². The molecule has 0 aliphatic carbocycles. The number of nitrogens with two attached hydrogens (primary N) is 2. The Kier molecular flexibility index (Phi) is 22.2. The van der Waals surface area contributed by atoms with Gasteiger partial charge in [0.05, 0.1) is 41.3 Å². The number of benzene rings is 5. The summed E-state index contributed by atoms with van der Waals surface area (Å²) >= 11 is 14.1. The van der Waals surface area contributed by atoms with Gasteiger partial charge in [-0.05, 0) is 110 Å².